The molecule has 7 unspecified atom stereocenters. The van der Waals surface area contributed by atoms with Gasteiger partial charge in [-0.25, -0.2) is 4.79 Å². The second-order valence-electron chi connectivity index (χ2n) is 9.75. The summed E-state index contributed by atoms with van der Waals surface area (Å²) in [4.78, 5) is 24.0. The van der Waals surface area contributed by atoms with Gasteiger partial charge in [0.25, 0.3) is 0 Å². The normalized spacial score (nSPS) is 48.1. The van der Waals surface area contributed by atoms with Crippen LogP contribution in [-0.4, -0.2) is 17.4 Å². The molecule has 0 saturated heterocycles. The Hall–Kier alpha value is -1.64. The number of ketones is 1. The van der Waals surface area contributed by atoms with Crippen molar-refractivity contribution >= 4 is 11.8 Å². The molecule has 0 N–H and O–H groups in total. The van der Waals surface area contributed by atoms with Crippen LogP contribution in [0.5, 0.6) is 0 Å². The zero-order valence-corrected chi connectivity index (χ0v) is 16.5. The Bertz CT molecular complexity index is 789. The predicted molar refractivity (Wildman–Crippen MR) is 104 cm³/mol. The number of esters is 1. The van der Waals surface area contributed by atoms with Crippen LogP contribution < -0.4 is 0 Å². The molecule has 3 nitrogen and oxygen atoms in total. The second kappa shape index (κ2) is 5.68. The molecule has 5 aliphatic rings. The first kappa shape index (κ1) is 17.5. The summed E-state index contributed by atoms with van der Waals surface area (Å²) in [6.45, 7) is 9.05. The molecule has 0 aromatic rings. The monoisotopic (exact) mass is 366 g/mol. The van der Waals surface area contributed by atoms with Gasteiger partial charge in [-0.05, 0) is 85.8 Å². The van der Waals surface area contributed by atoms with Gasteiger partial charge in [0.05, 0.1) is 0 Å². The summed E-state index contributed by atoms with van der Waals surface area (Å²) < 4.78 is 6.04. The smallest absolute Gasteiger partial charge is 0.331 e. The first-order chi connectivity index (χ1) is 12.9. The van der Waals surface area contributed by atoms with Crippen molar-refractivity contribution in [1.82, 2.24) is 0 Å². The summed E-state index contributed by atoms with van der Waals surface area (Å²) in [7, 11) is 0. The topological polar surface area (TPSA) is 43.4 Å². The van der Waals surface area contributed by atoms with Gasteiger partial charge in [-0.1, -0.05) is 26.0 Å². The van der Waals surface area contributed by atoms with Crippen LogP contribution in [-0.2, 0) is 14.3 Å². The third-order valence-electron chi connectivity index (χ3n) is 8.88. The maximum atomic E-state index is 12.0. The summed E-state index contributed by atoms with van der Waals surface area (Å²) >= 11 is 0. The summed E-state index contributed by atoms with van der Waals surface area (Å²) in [5.41, 5.74) is 2.10. The van der Waals surface area contributed by atoms with Gasteiger partial charge in [-0.3, -0.25) is 4.79 Å². The molecule has 5 rings (SSSR count). The molecule has 27 heavy (non-hydrogen) atoms. The number of fused-ring (bicyclic) bond motifs is 6. The lowest BCUT2D eigenvalue weighted by Crippen LogP contribution is -2.54. The third kappa shape index (κ3) is 2.14. The zero-order chi connectivity index (χ0) is 19.0. The largest absolute Gasteiger partial charge is 0.451 e. The molecule has 0 amide bonds. The fourth-order valence-electron chi connectivity index (χ4n) is 8.08. The summed E-state index contributed by atoms with van der Waals surface area (Å²) in [6.07, 6.45) is 12.7. The average Bonchev–Trinajstić information content (AvgIpc) is 3.13. The fourth-order valence-corrected chi connectivity index (χ4v) is 8.08. The predicted octanol–water partition coefficient (Wildman–Crippen LogP) is 4.78. The number of hydrogen-bond donors (Lipinski definition) is 0. The van der Waals surface area contributed by atoms with Crippen molar-refractivity contribution in [1.29, 1.82) is 0 Å². The Morgan fingerprint density at radius 2 is 2.07 bits per heavy atom. The highest BCUT2D eigenvalue weighted by Crippen LogP contribution is 2.70. The first-order valence-electron chi connectivity index (χ1n) is 10.8. The van der Waals surface area contributed by atoms with Crippen LogP contribution in [0.1, 0.15) is 58.8 Å². The van der Waals surface area contributed by atoms with E-state index in [0.717, 1.165) is 32.1 Å². The van der Waals surface area contributed by atoms with E-state index in [9.17, 15) is 9.59 Å². The maximum absolute atomic E-state index is 12.0. The molecule has 3 fully saturated rings. The van der Waals surface area contributed by atoms with Gasteiger partial charge in [-0.15, -0.1) is 0 Å². The molecule has 3 heteroatoms. The van der Waals surface area contributed by atoms with Crippen molar-refractivity contribution in [2.45, 2.75) is 64.4 Å². The maximum Gasteiger partial charge on any atom is 0.331 e. The second-order valence-corrected chi connectivity index (χ2v) is 9.75. The van der Waals surface area contributed by atoms with Crippen LogP contribution in [0.4, 0.5) is 0 Å². The number of rotatable bonds is 1. The van der Waals surface area contributed by atoms with E-state index in [2.05, 4.69) is 26.5 Å². The van der Waals surface area contributed by atoms with Crippen molar-refractivity contribution in [3.63, 3.8) is 0 Å². The Balaban J connectivity index is 1.56. The van der Waals surface area contributed by atoms with Crippen LogP contribution in [0, 0.1) is 35.0 Å². The number of carbonyl (C=O) groups is 2. The van der Waals surface area contributed by atoms with Crippen molar-refractivity contribution < 1.29 is 14.3 Å². The highest BCUT2D eigenvalue weighted by atomic mass is 16.6. The molecule has 1 spiro atoms. The van der Waals surface area contributed by atoms with Gasteiger partial charge in [0, 0.05) is 17.9 Å². The minimum atomic E-state index is -0.395. The molecule has 144 valence electrons. The molecule has 0 aromatic heterocycles. The zero-order valence-electron chi connectivity index (χ0n) is 16.5. The molecule has 0 bridgehead atoms. The minimum absolute atomic E-state index is 0.0578. The van der Waals surface area contributed by atoms with E-state index in [-0.39, 0.29) is 17.2 Å². The summed E-state index contributed by atoms with van der Waals surface area (Å²) in [5, 5.41) is 0. The van der Waals surface area contributed by atoms with Crippen LogP contribution in [0.25, 0.3) is 0 Å². The Kier molecular flexibility index (Phi) is 3.68. The lowest BCUT2D eigenvalue weighted by atomic mass is 9.48. The molecule has 4 aliphatic carbocycles. The van der Waals surface area contributed by atoms with E-state index in [1.54, 1.807) is 6.08 Å². The Labute approximate surface area is 161 Å². The highest BCUT2D eigenvalue weighted by molar-refractivity contribution is 5.92. The van der Waals surface area contributed by atoms with Gasteiger partial charge < -0.3 is 4.74 Å². The van der Waals surface area contributed by atoms with Gasteiger partial charge >= 0.3 is 5.97 Å². The molecular formula is C24H30O3. The lowest BCUT2D eigenvalue weighted by molar-refractivity contribution is -0.164. The van der Waals surface area contributed by atoms with Gasteiger partial charge in [0.15, 0.2) is 5.78 Å². The van der Waals surface area contributed by atoms with Gasteiger partial charge in [0.1, 0.15) is 5.60 Å². The number of carbonyl (C=O) groups excluding carboxylic acids is 2. The third-order valence-corrected chi connectivity index (χ3v) is 8.88. The van der Waals surface area contributed by atoms with E-state index < -0.39 is 5.60 Å². The SMILES string of the molecule is C=C1CC2C(CCC3(CC)C2C(C)CC32C=CC(=O)O2)C2CCC(=O)C=C12. The van der Waals surface area contributed by atoms with E-state index in [0.29, 0.717) is 36.0 Å². The van der Waals surface area contributed by atoms with Crippen LogP contribution in [0.3, 0.4) is 0 Å². The first-order valence-corrected chi connectivity index (χ1v) is 10.8. The Morgan fingerprint density at radius 1 is 1.26 bits per heavy atom. The number of allylic oxidation sites excluding steroid dienone is 2. The van der Waals surface area contributed by atoms with E-state index in [1.807, 2.05) is 6.08 Å². The molecular weight excluding hydrogens is 336 g/mol. The van der Waals surface area contributed by atoms with Crippen LogP contribution in [0.15, 0.2) is 36.0 Å². The minimum Gasteiger partial charge on any atom is -0.451 e. The summed E-state index contributed by atoms with van der Waals surface area (Å²) in [5.74, 6) is 2.97. The van der Waals surface area contributed by atoms with E-state index in [1.165, 1.54) is 17.6 Å². The van der Waals surface area contributed by atoms with E-state index >= 15 is 0 Å². The standard InChI is InChI=1S/C24H30O3/c1-4-23-9-7-18-17-6-5-16(25)12-19(17)14(2)11-20(18)22(23)15(3)13-24(23)10-8-21(26)27-24/h8,10,12,15,17-18,20,22H,2,4-7,9,11,13H2,1,3H3. The lowest BCUT2D eigenvalue weighted by Gasteiger charge is -2.57. The molecule has 3 saturated carbocycles. The molecule has 1 heterocycles. The summed E-state index contributed by atoms with van der Waals surface area (Å²) in [6, 6.07) is 0. The van der Waals surface area contributed by atoms with Gasteiger partial charge in [0.2, 0.25) is 0 Å². The molecule has 7 atom stereocenters. The average molecular weight is 367 g/mol. The molecule has 0 radical (unpaired) electrons. The highest BCUT2D eigenvalue weighted by Gasteiger charge is 2.68. The van der Waals surface area contributed by atoms with Crippen molar-refractivity contribution in [2.75, 3.05) is 0 Å². The van der Waals surface area contributed by atoms with E-state index in [4.69, 9.17) is 4.74 Å². The number of ether oxygens (including phenoxy) is 1. The molecule has 0 aromatic carbocycles. The molecule has 1 aliphatic heterocycles. The van der Waals surface area contributed by atoms with Crippen molar-refractivity contribution in [2.24, 2.45) is 35.0 Å². The number of hydrogen-bond acceptors (Lipinski definition) is 3. The fraction of sp³-hybridized carbons (Fsp3) is 0.667. The van der Waals surface area contributed by atoms with Crippen molar-refractivity contribution in [3.05, 3.63) is 36.0 Å². The van der Waals surface area contributed by atoms with Crippen LogP contribution in [0.2, 0.25) is 0 Å². The van der Waals surface area contributed by atoms with Crippen molar-refractivity contribution in [3.8, 4) is 0 Å². The van der Waals surface area contributed by atoms with Gasteiger partial charge in [-0.2, -0.15) is 0 Å². The Morgan fingerprint density at radius 3 is 2.78 bits per heavy atom. The quantitative estimate of drug-likeness (QED) is 0.627. The van der Waals surface area contributed by atoms with Crippen LogP contribution >= 0.6 is 0 Å².